The minimum atomic E-state index is 0.339. The van der Waals surface area contributed by atoms with E-state index in [0.29, 0.717) is 23.2 Å². The normalized spacial score (nSPS) is 23.8. The molecule has 0 N–H and O–H groups in total. The highest BCUT2D eigenvalue weighted by atomic mass is 79.9. The Morgan fingerprint density at radius 1 is 0.742 bits per heavy atom. The minimum Gasteiger partial charge on any atom is -0.0625 e. The van der Waals surface area contributed by atoms with Crippen LogP contribution in [0.1, 0.15) is 63.5 Å². The molecule has 0 spiro atoms. The van der Waals surface area contributed by atoms with Gasteiger partial charge in [0.1, 0.15) is 0 Å². The van der Waals surface area contributed by atoms with Crippen LogP contribution in [0.5, 0.6) is 0 Å². The highest BCUT2D eigenvalue weighted by Gasteiger charge is 2.51. The zero-order valence-electron chi connectivity index (χ0n) is 18.8. The van der Waals surface area contributed by atoms with Crippen molar-refractivity contribution in [1.82, 2.24) is 0 Å². The summed E-state index contributed by atoms with van der Waals surface area (Å²) in [5.41, 5.74) is 9.16. The van der Waals surface area contributed by atoms with E-state index in [-0.39, 0.29) is 0 Å². The van der Waals surface area contributed by atoms with Crippen molar-refractivity contribution in [2.45, 2.75) is 52.4 Å². The zero-order chi connectivity index (χ0) is 21.9. The second kappa shape index (κ2) is 7.89. The highest BCUT2D eigenvalue weighted by molar-refractivity contribution is 9.10. The fourth-order valence-corrected chi connectivity index (χ4v) is 6.88. The van der Waals surface area contributed by atoms with Crippen molar-refractivity contribution < 1.29 is 0 Å². The fraction of sp³-hybridized carbons (Fsp3) is 0.379. The van der Waals surface area contributed by atoms with Crippen molar-refractivity contribution in [2.24, 2.45) is 17.3 Å². The number of rotatable bonds is 3. The molecule has 6 rings (SSSR count). The van der Waals surface area contributed by atoms with Crippen LogP contribution in [0.15, 0.2) is 69.6 Å². The van der Waals surface area contributed by atoms with E-state index in [9.17, 15) is 0 Å². The Hall–Kier alpha value is -1.38. The Balaban J connectivity index is 1.79. The third kappa shape index (κ3) is 3.64. The quantitative estimate of drug-likeness (QED) is 0.311. The van der Waals surface area contributed by atoms with E-state index in [2.05, 4.69) is 120 Å². The second-order valence-electron chi connectivity index (χ2n) is 10.5. The molecule has 0 radical (unpaired) electrons. The molecule has 2 bridgehead atoms. The van der Waals surface area contributed by atoms with Crippen LogP contribution in [0.25, 0.3) is 22.3 Å². The maximum atomic E-state index is 3.61. The Morgan fingerprint density at radius 2 is 1.23 bits per heavy atom. The van der Waals surface area contributed by atoms with E-state index in [1.807, 2.05) is 0 Å². The molecule has 0 heterocycles. The molecule has 0 amide bonds. The summed E-state index contributed by atoms with van der Waals surface area (Å²) < 4.78 is 2.28. The molecule has 3 unspecified atom stereocenters. The van der Waals surface area contributed by atoms with Gasteiger partial charge in [-0.3, -0.25) is 0 Å². The molecule has 160 valence electrons. The van der Waals surface area contributed by atoms with Gasteiger partial charge in [0.05, 0.1) is 0 Å². The number of hydrogen-bond donors (Lipinski definition) is 0. The van der Waals surface area contributed by atoms with Gasteiger partial charge < -0.3 is 0 Å². The Bertz CT molecular complexity index is 1110. The van der Waals surface area contributed by atoms with Crippen LogP contribution in [0, 0.1) is 17.3 Å². The third-order valence-corrected chi connectivity index (χ3v) is 8.94. The summed E-state index contributed by atoms with van der Waals surface area (Å²) in [5.74, 6) is 2.71. The van der Waals surface area contributed by atoms with E-state index in [4.69, 9.17) is 0 Å². The monoisotopic (exact) mass is 536 g/mol. The summed E-state index contributed by atoms with van der Waals surface area (Å²) in [6.45, 7) is 9.86. The Morgan fingerprint density at radius 3 is 1.71 bits per heavy atom. The molecule has 3 atom stereocenters. The zero-order valence-corrected chi connectivity index (χ0v) is 21.9. The molecule has 0 aromatic heterocycles. The Kier molecular flexibility index (Phi) is 5.46. The van der Waals surface area contributed by atoms with Crippen LogP contribution in [0.2, 0.25) is 0 Å². The SMILES string of the molecule is CC(C)C1CC2c3c(-c4ccc(Br)cc4)ccc(-c4ccc(Br)cc4)c3C1CC2(C)C. The lowest BCUT2D eigenvalue weighted by Crippen LogP contribution is -2.43. The van der Waals surface area contributed by atoms with E-state index in [1.165, 1.54) is 35.1 Å². The van der Waals surface area contributed by atoms with Crippen LogP contribution in [0.4, 0.5) is 0 Å². The molecule has 3 aromatic carbocycles. The van der Waals surface area contributed by atoms with Crippen molar-refractivity contribution in [3.05, 3.63) is 80.7 Å². The number of benzene rings is 3. The first-order chi connectivity index (χ1) is 14.8. The lowest BCUT2D eigenvalue weighted by molar-refractivity contribution is 0.0819. The molecule has 3 aliphatic rings. The van der Waals surface area contributed by atoms with E-state index >= 15 is 0 Å². The van der Waals surface area contributed by atoms with Crippen molar-refractivity contribution in [2.75, 3.05) is 0 Å². The van der Waals surface area contributed by atoms with E-state index in [0.717, 1.165) is 14.9 Å². The highest BCUT2D eigenvalue weighted by Crippen LogP contribution is 2.65. The van der Waals surface area contributed by atoms with Crippen LogP contribution in [-0.4, -0.2) is 0 Å². The summed E-state index contributed by atoms with van der Waals surface area (Å²) in [6, 6.07) is 22.6. The summed E-state index contributed by atoms with van der Waals surface area (Å²) >= 11 is 7.22. The van der Waals surface area contributed by atoms with Crippen LogP contribution < -0.4 is 0 Å². The van der Waals surface area contributed by atoms with E-state index < -0.39 is 0 Å². The molecule has 31 heavy (non-hydrogen) atoms. The number of hydrogen-bond acceptors (Lipinski definition) is 0. The minimum absolute atomic E-state index is 0.339. The molecule has 1 saturated carbocycles. The van der Waals surface area contributed by atoms with Crippen LogP contribution >= 0.6 is 31.9 Å². The molecule has 3 aromatic rings. The maximum Gasteiger partial charge on any atom is 0.0175 e. The van der Waals surface area contributed by atoms with Gasteiger partial charge in [-0.05, 0) is 99.6 Å². The molecule has 0 saturated heterocycles. The molecule has 0 aliphatic heterocycles. The van der Waals surface area contributed by atoms with Gasteiger partial charge in [0.25, 0.3) is 0 Å². The van der Waals surface area contributed by atoms with Crippen molar-refractivity contribution >= 4 is 31.9 Å². The van der Waals surface area contributed by atoms with Gasteiger partial charge >= 0.3 is 0 Å². The second-order valence-corrected chi connectivity index (χ2v) is 12.3. The fourth-order valence-electron chi connectivity index (χ4n) is 6.35. The summed E-state index contributed by atoms with van der Waals surface area (Å²) in [5, 5.41) is 0. The average Bonchev–Trinajstić information content (AvgIpc) is 2.73. The van der Waals surface area contributed by atoms with Crippen molar-refractivity contribution in [3.8, 4) is 22.3 Å². The standard InChI is InChI=1S/C29H30Br2/c1-17(2)24-15-26-28-23(19-7-11-21(31)12-8-19)14-13-22(18-5-9-20(30)10-6-18)27(28)25(24)16-29(26,3)4/h5-14,17,24-26H,15-16H2,1-4H3. The first-order valence-electron chi connectivity index (χ1n) is 11.4. The molecular formula is C29H30Br2. The number of fused-ring (bicyclic) bond motifs is 2. The largest absolute Gasteiger partial charge is 0.0625 e. The van der Waals surface area contributed by atoms with Gasteiger partial charge in [0, 0.05) is 8.95 Å². The predicted octanol–water partition coefficient (Wildman–Crippen LogP) is 9.82. The predicted molar refractivity (Wildman–Crippen MR) is 140 cm³/mol. The topological polar surface area (TPSA) is 0 Å². The van der Waals surface area contributed by atoms with Gasteiger partial charge in [-0.15, -0.1) is 0 Å². The van der Waals surface area contributed by atoms with Crippen LogP contribution in [0.3, 0.4) is 0 Å². The maximum absolute atomic E-state index is 3.61. The average molecular weight is 538 g/mol. The first-order valence-corrected chi connectivity index (χ1v) is 13.0. The first kappa shape index (κ1) is 21.5. The van der Waals surface area contributed by atoms with Crippen LogP contribution in [-0.2, 0) is 0 Å². The van der Waals surface area contributed by atoms with Gasteiger partial charge in [-0.1, -0.05) is 96.0 Å². The summed E-state index contributed by atoms with van der Waals surface area (Å²) in [7, 11) is 0. The molecule has 2 heteroatoms. The van der Waals surface area contributed by atoms with Crippen molar-refractivity contribution in [3.63, 3.8) is 0 Å². The van der Waals surface area contributed by atoms with E-state index in [1.54, 1.807) is 11.1 Å². The van der Waals surface area contributed by atoms with Crippen molar-refractivity contribution in [1.29, 1.82) is 0 Å². The lowest BCUT2D eigenvalue weighted by atomic mass is 9.49. The molecule has 0 nitrogen and oxygen atoms in total. The van der Waals surface area contributed by atoms with Gasteiger partial charge in [-0.2, -0.15) is 0 Å². The smallest absolute Gasteiger partial charge is 0.0175 e. The lowest BCUT2D eigenvalue weighted by Gasteiger charge is -2.55. The summed E-state index contributed by atoms with van der Waals surface area (Å²) in [6.07, 6.45) is 2.61. The molecule has 1 fully saturated rings. The van der Waals surface area contributed by atoms with Gasteiger partial charge in [-0.25, -0.2) is 0 Å². The summed E-state index contributed by atoms with van der Waals surface area (Å²) in [4.78, 5) is 0. The third-order valence-electron chi connectivity index (χ3n) is 7.89. The molecule has 3 aliphatic carbocycles. The number of halogens is 2. The Labute approximate surface area is 203 Å². The molecular weight excluding hydrogens is 508 g/mol. The van der Waals surface area contributed by atoms with Gasteiger partial charge in [0.2, 0.25) is 0 Å². The van der Waals surface area contributed by atoms with Gasteiger partial charge in [0.15, 0.2) is 0 Å².